The molecule has 1 saturated heterocycles. The molecule has 3 heterocycles. The number of halogens is 4. The lowest BCUT2D eigenvalue weighted by Crippen LogP contribution is -2.31. The first kappa shape index (κ1) is 40.0. The Labute approximate surface area is 293 Å². The van der Waals surface area contributed by atoms with E-state index in [2.05, 4.69) is 54.0 Å². The number of piperidine rings is 1. The molecule has 2 aromatic carbocycles. The van der Waals surface area contributed by atoms with Gasteiger partial charge in [-0.05, 0) is 56.0 Å². The molecule has 0 spiro atoms. The molecule has 1 aliphatic carbocycles. The number of nitrogens with two attached hydrogens (primary N) is 1. The van der Waals surface area contributed by atoms with Crippen LogP contribution in [-0.4, -0.2) is 83.5 Å². The van der Waals surface area contributed by atoms with Gasteiger partial charge in [0.15, 0.2) is 17.3 Å². The molecule has 50 heavy (non-hydrogen) atoms. The highest BCUT2D eigenvalue weighted by atomic mass is 35.5. The van der Waals surface area contributed by atoms with E-state index in [4.69, 9.17) is 16.7 Å². The van der Waals surface area contributed by atoms with Gasteiger partial charge in [0.25, 0.3) is 10.1 Å². The SMILES string of the molecule is C#CCN(C)[C@H](C)Cc1ccccc1.CS(=O)(=O)O.Cl.N[C@@H]1[C@H]2CN(c3nc4c(cc3F)c(=O)c(C(=O)O)cn4-c3ccc(F)cc3F)C[C@@H]12. The summed E-state index contributed by atoms with van der Waals surface area (Å²) in [5.74, 6) is -1.04. The minimum absolute atomic E-state index is 0. The Morgan fingerprint density at radius 1 is 1.12 bits per heavy atom. The quantitative estimate of drug-likeness (QED) is 0.187. The van der Waals surface area contributed by atoms with E-state index >= 15 is 0 Å². The molecule has 2 aromatic heterocycles. The van der Waals surface area contributed by atoms with Gasteiger partial charge in [-0.3, -0.25) is 18.8 Å². The molecular formula is C34H37ClF3N5O6S. The highest BCUT2D eigenvalue weighted by Crippen LogP contribution is 2.45. The summed E-state index contributed by atoms with van der Waals surface area (Å²) < 4.78 is 69.6. The molecule has 4 N–H and O–H groups in total. The van der Waals surface area contributed by atoms with E-state index in [0.29, 0.717) is 38.0 Å². The van der Waals surface area contributed by atoms with E-state index in [-0.39, 0.29) is 52.8 Å². The minimum Gasteiger partial charge on any atom is -0.477 e. The molecule has 4 atom stereocenters. The number of carbonyl (C=O) groups is 1. The van der Waals surface area contributed by atoms with Gasteiger partial charge in [-0.25, -0.2) is 22.9 Å². The summed E-state index contributed by atoms with van der Waals surface area (Å²) in [5, 5.41) is 9.05. The van der Waals surface area contributed by atoms with Gasteiger partial charge in [-0.1, -0.05) is 36.3 Å². The number of carboxylic acids is 1. The summed E-state index contributed by atoms with van der Waals surface area (Å²) in [7, 11) is -1.60. The van der Waals surface area contributed by atoms with Crippen molar-refractivity contribution in [1.29, 1.82) is 0 Å². The molecule has 1 saturated carbocycles. The fourth-order valence-electron chi connectivity index (χ4n) is 5.60. The van der Waals surface area contributed by atoms with Crippen molar-refractivity contribution in [3.8, 4) is 18.0 Å². The standard InChI is InChI=1S/C20H15F3N4O3.C13H17N.CH4O3S.ClH/c21-8-1-2-15(13(22)3-8)27-7-12(20(29)30)17(28)9-4-14(23)19(25-18(9)27)26-5-10-11(6-26)16(10)24;1-4-10-14(3)12(2)11-13-8-6-5-7-9-13;1-5(2,3)4;/h1-4,7,10-11,16H,5-6,24H2,(H,29,30);1,5-9,12H,10-11H2,2-3H3;1H3,(H,2,3,4);1H/t10-,11+,16+;12-;;/m.1../s1. The number of likely N-dealkylation sites (N-methyl/N-ethyl adjacent to an activating group) is 1. The Balaban J connectivity index is 0.000000283. The third kappa shape index (κ3) is 9.83. The Morgan fingerprint density at radius 3 is 2.26 bits per heavy atom. The maximum atomic E-state index is 14.8. The zero-order valence-corrected chi connectivity index (χ0v) is 29.0. The number of anilines is 1. The summed E-state index contributed by atoms with van der Waals surface area (Å²) in [6.07, 6.45) is 7.95. The molecule has 0 amide bonds. The Morgan fingerprint density at radius 2 is 1.72 bits per heavy atom. The van der Waals surface area contributed by atoms with Gasteiger partial charge in [-0.15, -0.1) is 18.8 Å². The number of terminal acetylenes is 1. The van der Waals surface area contributed by atoms with Gasteiger partial charge in [0, 0.05) is 37.4 Å². The average Bonchev–Trinajstić information content (AvgIpc) is 3.39. The Kier molecular flexibility index (Phi) is 13.2. The molecule has 1 aliphatic heterocycles. The van der Waals surface area contributed by atoms with Crippen LogP contribution in [0.4, 0.5) is 19.0 Å². The fraction of sp³-hybridized carbons (Fsp3) is 0.324. The Bertz CT molecular complexity index is 2040. The number of hydrogen-bond donors (Lipinski definition) is 3. The largest absolute Gasteiger partial charge is 0.477 e. The van der Waals surface area contributed by atoms with Gasteiger partial charge in [0.2, 0.25) is 5.43 Å². The molecule has 16 heteroatoms. The zero-order valence-electron chi connectivity index (χ0n) is 27.3. The van der Waals surface area contributed by atoms with Crippen molar-refractivity contribution in [2.24, 2.45) is 17.6 Å². The zero-order chi connectivity index (χ0) is 36.2. The smallest absolute Gasteiger partial charge is 0.341 e. The molecule has 6 rings (SSSR count). The maximum absolute atomic E-state index is 14.8. The van der Waals surface area contributed by atoms with E-state index in [0.717, 1.165) is 35.4 Å². The number of nitrogens with zero attached hydrogens (tertiary/aromatic N) is 4. The van der Waals surface area contributed by atoms with E-state index in [1.54, 1.807) is 4.90 Å². The normalized spacial score (nSPS) is 18.1. The van der Waals surface area contributed by atoms with Crippen LogP contribution in [0, 0.1) is 41.6 Å². The van der Waals surface area contributed by atoms with Crippen LogP contribution in [0.5, 0.6) is 0 Å². The van der Waals surface area contributed by atoms with Crippen molar-refractivity contribution >= 4 is 45.3 Å². The van der Waals surface area contributed by atoms with Crippen LogP contribution >= 0.6 is 12.4 Å². The molecule has 268 valence electrons. The van der Waals surface area contributed by atoms with Crippen molar-refractivity contribution in [1.82, 2.24) is 14.5 Å². The first-order valence-corrected chi connectivity index (χ1v) is 16.9. The molecule has 0 bridgehead atoms. The first-order valence-electron chi connectivity index (χ1n) is 15.0. The fourth-order valence-corrected chi connectivity index (χ4v) is 5.60. The van der Waals surface area contributed by atoms with Crippen LogP contribution in [-0.2, 0) is 16.5 Å². The van der Waals surface area contributed by atoms with Crippen LogP contribution in [0.2, 0.25) is 0 Å². The molecule has 2 aliphatic rings. The molecule has 0 unspecified atom stereocenters. The summed E-state index contributed by atoms with van der Waals surface area (Å²) in [4.78, 5) is 32.3. The second-order valence-electron chi connectivity index (χ2n) is 12.0. The van der Waals surface area contributed by atoms with E-state index in [9.17, 15) is 36.3 Å². The molecule has 0 radical (unpaired) electrons. The van der Waals surface area contributed by atoms with Crippen LogP contribution in [0.25, 0.3) is 16.7 Å². The van der Waals surface area contributed by atoms with Gasteiger partial charge >= 0.3 is 5.97 Å². The van der Waals surface area contributed by atoms with Crippen molar-refractivity contribution in [2.45, 2.75) is 25.4 Å². The van der Waals surface area contributed by atoms with Crippen LogP contribution < -0.4 is 16.1 Å². The van der Waals surface area contributed by atoms with Crippen LogP contribution in [0.3, 0.4) is 0 Å². The monoisotopic (exact) mass is 735 g/mol. The van der Waals surface area contributed by atoms with Crippen molar-refractivity contribution < 1.29 is 36.0 Å². The third-order valence-corrected chi connectivity index (χ3v) is 8.34. The number of benzene rings is 2. The van der Waals surface area contributed by atoms with E-state index in [1.165, 1.54) is 5.56 Å². The minimum atomic E-state index is -3.67. The summed E-state index contributed by atoms with van der Waals surface area (Å²) in [6.45, 7) is 3.92. The highest BCUT2D eigenvalue weighted by Gasteiger charge is 2.54. The molecule has 11 nitrogen and oxygen atoms in total. The number of aromatic carboxylic acids is 1. The average molecular weight is 736 g/mol. The lowest BCUT2D eigenvalue weighted by Gasteiger charge is -2.22. The van der Waals surface area contributed by atoms with Gasteiger partial charge < -0.3 is 15.7 Å². The second kappa shape index (κ2) is 16.5. The maximum Gasteiger partial charge on any atom is 0.341 e. The van der Waals surface area contributed by atoms with Crippen molar-refractivity contribution in [3.05, 3.63) is 99.6 Å². The second-order valence-corrected chi connectivity index (χ2v) is 13.5. The van der Waals surface area contributed by atoms with Crippen LogP contribution in [0.1, 0.15) is 22.8 Å². The molecular weight excluding hydrogens is 699 g/mol. The number of hydrogen-bond acceptors (Lipinski definition) is 8. The highest BCUT2D eigenvalue weighted by molar-refractivity contribution is 7.85. The molecule has 4 aromatic rings. The van der Waals surface area contributed by atoms with E-state index in [1.807, 2.05) is 6.07 Å². The number of pyridine rings is 2. The number of aromatic nitrogens is 2. The number of rotatable bonds is 7. The predicted octanol–water partition coefficient (Wildman–Crippen LogP) is 4.00. The van der Waals surface area contributed by atoms with Gasteiger partial charge in [-0.2, -0.15) is 8.42 Å². The van der Waals surface area contributed by atoms with Crippen molar-refractivity contribution in [2.75, 3.05) is 37.8 Å². The Hall–Kier alpha value is -4.46. The van der Waals surface area contributed by atoms with Crippen LogP contribution in [0.15, 0.2) is 65.6 Å². The van der Waals surface area contributed by atoms with Crippen molar-refractivity contribution in [3.63, 3.8) is 0 Å². The predicted molar refractivity (Wildman–Crippen MR) is 187 cm³/mol. The summed E-state index contributed by atoms with van der Waals surface area (Å²) in [6, 6.07) is 14.7. The third-order valence-electron chi connectivity index (χ3n) is 8.34. The summed E-state index contributed by atoms with van der Waals surface area (Å²) >= 11 is 0. The number of fused-ring (bicyclic) bond motifs is 2. The van der Waals surface area contributed by atoms with E-state index < -0.39 is 44.5 Å². The van der Waals surface area contributed by atoms with Gasteiger partial charge in [0.1, 0.15) is 17.2 Å². The first-order chi connectivity index (χ1) is 23.0. The molecule has 2 fully saturated rings. The lowest BCUT2D eigenvalue weighted by atomic mass is 10.1. The van der Waals surface area contributed by atoms with Gasteiger partial charge in [0.05, 0.1) is 23.9 Å². The number of carboxylic acid groups (broad SMARTS) is 1. The summed E-state index contributed by atoms with van der Waals surface area (Å²) in [5.41, 5.74) is 5.30. The lowest BCUT2D eigenvalue weighted by molar-refractivity contribution is 0.0695. The topological polar surface area (TPSA) is 159 Å².